The van der Waals surface area contributed by atoms with Crippen molar-refractivity contribution in [3.63, 3.8) is 0 Å². The predicted octanol–water partition coefficient (Wildman–Crippen LogP) is 2.72. The Morgan fingerprint density at radius 1 is 1.04 bits per heavy atom. The van der Waals surface area contributed by atoms with Crippen LogP contribution in [0.25, 0.3) is 0 Å². The quantitative estimate of drug-likeness (QED) is 0.750. The van der Waals surface area contributed by atoms with E-state index in [1.165, 1.54) is 5.56 Å². The van der Waals surface area contributed by atoms with Crippen LogP contribution in [0.4, 0.5) is 0 Å². The van der Waals surface area contributed by atoms with Gasteiger partial charge in [-0.25, -0.2) is 4.79 Å². The van der Waals surface area contributed by atoms with Crippen LogP contribution in [0.15, 0.2) is 54.6 Å². The molecule has 1 atom stereocenters. The third-order valence-corrected chi connectivity index (χ3v) is 3.59. The molecule has 0 aliphatic rings. The van der Waals surface area contributed by atoms with Crippen molar-refractivity contribution in [2.45, 2.75) is 26.3 Å². The van der Waals surface area contributed by atoms with Crippen LogP contribution in [0, 0.1) is 0 Å². The molecule has 5 nitrogen and oxygen atoms in total. The lowest BCUT2D eigenvalue weighted by Gasteiger charge is -2.14. The van der Waals surface area contributed by atoms with Crippen LogP contribution in [0.2, 0.25) is 0 Å². The van der Waals surface area contributed by atoms with Gasteiger partial charge in [0.1, 0.15) is 11.8 Å². The van der Waals surface area contributed by atoms with Crippen molar-refractivity contribution in [1.82, 2.24) is 5.32 Å². The van der Waals surface area contributed by atoms with E-state index in [9.17, 15) is 9.59 Å². The summed E-state index contributed by atoms with van der Waals surface area (Å²) in [5.41, 5.74) is 2.17. The van der Waals surface area contributed by atoms with Crippen LogP contribution in [-0.4, -0.2) is 31.1 Å². The molecular formula is C20H23NO4. The highest BCUT2D eigenvalue weighted by Gasteiger charge is 2.17. The highest BCUT2D eigenvalue weighted by Crippen LogP contribution is 2.21. The molecule has 0 radical (unpaired) electrons. The first-order valence-corrected chi connectivity index (χ1v) is 8.30. The normalized spacial score (nSPS) is 11.4. The molecule has 0 bridgehead atoms. The molecule has 0 saturated heterocycles. The van der Waals surface area contributed by atoms with E-state index in [0.29, 0.717) is 5.75 Å². The number of esters is 1. The van der Waals surface area contributed by atoms with Crippen molar-refractivity contribution in [2.75, 3.05) is 13.2 Å². The van der Waals surface area contributed by atoms with Gasteiger partial charge in [0.15, 0.2) is 6.61 Å². The van der Waals surface area contributed by atoms with Gasteiger partial charge < -0.3 is 14.8 Å². The Bertz CT molecular complexity index is 700. The second-order valence-corrected chi connectivity index (χ2v) is 5.60. The van der Waals surface area contributed by atoms with E-state index in [1.54, 1.807) is 13.8 Å². The molecule has 0 aliphatic heterocycles. The maximum absolute atomic E-state index is 12.0. The number of ether oxygens (including phenoxy) is 2. The fourth-order valence-corrected chi connectivity index (χ4v) is 2.36. The first-order chi connectivity index (χ1) is 12.1. The van der Waals surface area contributed by atoms with Gasteiger partial charge in [0.25, 0.3) is 5.91 Å². The van der Waals surface area contributed by atoms with Gasteiger partial charge in [-0.1, -0.05) is 48.5 Å². The zero-order valence-corrected chi connectivity index (χ0v) is 14.5. The summed E-state index contributed by atoms with van der Waals surface area (Å²) >= 11 is 0. The Kier molecular flexibility index (Phi) is 7.01. The van der Waals surface area contributed by atoms with Crippen molar-refractivity contribution in [3.8, 4) is 5.75 Å². The predicted molar refractivity (Wildman–Crippen MR) is 95.4 cm³/mol. The standard InChI is InChI=1S/C20H23NO4/c1-3-24-20(23)15(2)21-19(22)14-25-18-12-8-7-11-17(18)13-16-9-5-4-6-10-16/h4-12,15H,3,13-14H2,1-2H3,(H,21,22). The molecule has 1 amide bonds. The fourth-order valence-electron chi connectivity index (χ4n) is 2.36. The summed E-state index contributed by atoms with van der Waals surface area (Å²) in [6, 6.07) is 17.0. The molecule has 0 aromatic heterocycles. The molecule has 2 aromatic rings. The van der Waals surface area contributed by atoms with Gasteiger partial charge in [-0.2, -0.15) is 0 Å². The van der Waals surface area contributed by atoms with Crippen LogP contribution >= 0.6 is 0 Å². The molecule has 5 heteroatoms. The number of carbonyl (C=O) groups excluding carboxylic acids is 2. The van der Waals surface area contributed by atoms with E-state index in [2.05, 4.69) is 5.32 Å². The minimum atomic E-state index is -0.699. The van der Waals surface area contributed by atoms with Crippen LogP contribution in [0.5, 0.6) is 5.75 Å². The Balaban J connectivity index is 1.92. The smallest absolute Gasteiger partial charge is 0.328 e. The first kappa shape index (κ1) is 18.5. The largest absolute Gasteiger partial charge is 0.483 e. The monoisotopic (exact) mass is 341 g/mol. The highest BCUT2D eigenvalue weighted by molar-refractivity contribution is 5.84. The molecule has 0 saturated carbocycles. The van der Waals surface area contributed by atoms with Crippen molar-refractivity contribution in [2.24, 2.45) is 0 Å². The van der Waals surface area contributed by atoms with Gasteiger partial charge in [0.05, 0.1) is 6.61 Å². The summed E-state index contributed by atoms with van der Waals surface area (Å²) in [6.07, 6.45) is 0.720. The summed E-state index contributed by atoms with van der Waals surface area (Å²) in [6.45, 7) is 3.43. The molecule has 1 N–H and O–H groups in total. The lowest BCUT2D eigenvalue weighted by Crippen LogP contribution is -2.41. The SMILES string of the molecule is CCOC(=O)C(C)NC(=O)COc1ccccc1Cc1ccccc1. The molecule has 2 aromatic carbocycles. The van der Waals surface area contributed by atoms with Gasteiger partial charge in [-0.15, -0.1) is 0 Å². The zero-order chi connectivity index (χ0) is 18.1. The topological polar surface area (TPSA) is 64.6 Å². The Labute approximate surface area is 148 Å². The van der Waals surface area contributed by atoms with E-state index < -0.39 is 12.0 Å². The average molecular weight is 341 g/mol. The Morgan fingerprint density at radius 2 is 1.72 bits per heavy atom. The number of hydrogen-bond acceptors (Lipinski definition) is 4. The van der Waals surface area contributed by atoms with Gasteiger partial charge in [0.2, 0.25) is 0 Å². The van der Waals surface area contributed by atoms with E-state index in [0.717, 1.165) is 12.0 Å². The first-order valence-electron chi connectivity index (χ1n) is 8.30. The fraction of sp³-hybridized carbons (Fsp3) is 0.300. The highest BCUT2D eigenvalue weighted by atomic mass is 16.5. The number of carbonyl (C=O) groups is 2. The molecular weight excluding hydrogens is 318 g/mol. The van der Waals surface area contributed by atoms with Gasteiger partial charge in [-0.3, -0.25) is 4.79 Å². The van der Waals surface area contributed by atoms with Crippen LogP contribution < -0.4 is 10.1 Å². The lowest BCUT2D eigenvalue weighted by molar-refractivity contribution is -0.147. The maximum atomic E-state index is 12.0. The summed E-state index contributed by atoms with van der Waals surface area (Å²) in [7, 11) is 0. The molecule has 2 rings (SSSR count). The molecule has 0 aliphatic carbocycles. The molecule has 132 valence electrons. The second kappa shape index (κ2) is 9.47. The van der Waals surface area contributed by atoms with Crippen molar-refractivity contribution in [3.05, 3.63) is 65.7 Å². The molecule has 0 heterocycles. The molecule has 0 spiro atoms. The number of para-hydroxylation sites is 1. The summed E-state index contributed by atoms with van der Waals surface area (Å²) in [5, 5.41) is 2.57. The third-order valence-electron chi connectivity index (χ3n) is 3.59. The number of nitrogens with one attached hydrogen (secondary N) is 1. The number of benzene rings is 2. The summed E-state index contributed by atoms with van der Waals surface area (Å²) in [4.78, 5) is 23.5. The third kappa shape index (κ3) is 5.95. The van der Waals surface area contributed by atoms with Gasteiger partial charge >= 0.3 is 5.97 Å². The van der Waals surface area contributed by atoms with Crippen LogP contribution in [0.3, 0.4) is 0 Å². The van der Waals surface area contributed by atoms with Crippen LogP contribution in [0.1, 0.15) is 25.0 Å². The molecule has 0 fully saturated rings. The lowest BCUT2D eigenvalue weighted by atomic mass is 10.0. The maximum Gasteiger partial charge on any atom is 0.328 e. The zero-order valence-electron chi connectivity index (χ0n) is 14.5. The Hall–Kier alpha value is -2.82. The van der Waals surface area contributed by atoms with E-state index in [4.69, 9.17) is 9.47 Å². The van der Waals surface area contributed by atoms with Gasteiger partial charge in [-0.05, 0) is 31.0 Å². The van der Waals surface area contributed by atoms with E-state index in [1.807, 2.05) is 54.6 Å². The van der Waals surface area contributed by atoms with Crippen molar-refractivity contribution >= 4 is 11.9 Å². The average Bonchev–Trinajstić information content (AvgIpc) is 2.62. The second-order valence-electron chi connectivity index (χ2n) is 5.60. The van der Waals surface area contributed by atoms with E-state index in [-0.39, 0.29) is 19.1 Å². The summed E-state index contributed by atoms with van der Waals surface area (Å²) in [5.74, 6) is -0.166. The van der Waals surface area contributed by atoms with Crippen LogP contribution in [-0.2, 0) is 20.7 Å². The minimum absolute atomic E-state index is 0.157. The Morgan fingerprint density at radius 3 is 2.44 bits per heavy atom. The van der Waals surface area contributed by atoms with Crippen molar-refractivity contribution in [1.29, 1.82) is 0 Å². The van der Waals surface area contributed by atoms with Crippen molar-refractivity contribution < 1.29 is 19.1 Å². The summed E-state index contributed by atoms with van der Waals surface area (Å²) < 4.78 is 10.5. The minimum Gasteiger partial charge on any atom is -0.483 e. The number of amides is 1. The van der Waals surface area contributed by atoms with Gasteiger partial charge in [0, 0.05) is 6.42 Å². The number of rotatable bonds is 8. The van der Waals surface area contributed by atoms with E-state index >= 15 is 0 Å². The molecule has 1 unspecified atom stereocenters. The number of hydrogen-bond donors (Lipinski definition) is 1. The molecule has 25 heavy (non-hydrogen) atoms.